The van der Waals surface area contributed by atoms with Crippen LogP contribution in [0.5, 0.6) is 0 Å². The van der Waals surface area contributed by atoms with E-state index in [4.69, 9.17) is 5.11 Å². The molecular weight excluding hydrogens is 266 g/mol. The molecule has 6 heteroatoms. The van der Waals surface area contributed by atoms with Crippen molar-refractivity contribution in [2.45, 2.75) is 63.3 Å². The third-order valence-electron chi connectivity index (χ3n) is 4.07. The van der Waals surface area contributed by atoms with Crippen LogP contribution in [0.2, 0.25) is 0 Å². The van der Waals surface area contributed by atoms with Crippen molar-refractivity contribution in [2.75, 3.05) is 12.8 Å². The summed E-state index contributed by atoms with van der Waals surface area (Å²) in [4.78, 5) is 13.0. The van der Waals surface area contributed by atoms with Crippen molar-refractivity contribution in [2.24, 2.45) is 0 Å². The normalized spacial score (nSPS) is 26.3. The van der Waals surface area contributed by atoms with E-state index in [9.17, 15) is 13.2 Å². The number of hydrogen-bond donors (Lipinski definition) is 1. The van der Waals surface area contributed by atoms with Gasteiger partial charge in [-0.25, -0.2) is 8.42 Å². The molecule has 112 valence electrons. The lowest BCUT2D eigenvalue weighted by atomic mass is 9.92. The predicted octanol–water partition coefficient (Wildman–Crippen LogP) is 1.53. The first-order chi connectivity index (χ1) is 8.75. The van der Waals surface area contributed by atoms with Crippen molar-refractivity contribution in [1.82, 2.24) is 4.90 Å². The minimum atomic E-state index is -2.99. The van der Waals surface area contributed by atoms with Gasteiger partial charge in [-0.1, -0.05) is 13.3 Å². The zero-order chi connectivity index (χ0) is 14.6. The topological polar surface area (TPSA) is 74.7 Å². The Morgan fingerprint density at radius 3 is 2.53 bits per heavy atom. The second kappa shape index (κ2) is 6.70. The first-order valence-electron chi connectivity index (χ1n) is 6.92. The largest absolute Gasteiger partial charge is 0.481 e. The number of hydrogen-bond acceptors (Lipinski definition) is 4. The molecule has 5 nitrogen and oxygen atoms in total. The Morgan fingerprint density at radius 2 is 2.05 bits per heavy atom. The summed E-state index contributed by atoms with van der Waals surface area (Å²) in [6, 6.07) is 0.138. The Hall–Kier alpha value is -0.620. The van der Waals surface area contributed by atoms with Gasteiger partial charge < -0.3 is 5.11 Å². The van der Waals surface area contributed by atoms with Gasteiger partial charge >= 0.3 is 5.97 Å². The molecule has 3 unspecified atom stereocenters. The maximum Gasteiger partial charge on any atom is 0.304 e. The highest BCUT2D eigenvalue weighted by atomic mass is 32.2. The first kappa shape index (κ1) is 16.4. The van der Waals surface area contributed by atoms with E-state index in [1.165, 1.54) is 6.26 Å². The SMILES string of the molecule is CCN(C(C)CC(=O)O)C1CCCC(S(C)(=O)=O)C1. The van der Waals surface area contributed by atoms with E-state index < -0.39 is 15.8 Å². The third kappa shape index (κ3) is 4.76. The maximum absolute atomic E-state index is 11.7. The Bertz CT molecular complexity index is 407. The molecule has 1 aliphatic rings. The molecule has 0 aliphatic heterocycles. The van der Waals surface area contributed by atoms with Crippen LogP contribution >= 0.6 is 0 Å². The fourth-order valence-corrected chi connectivity index (χ4v) is 4.28. The summed E-state index contributed by atoms with van der Waals surface area (Å²) < 4.78 is 23.4. The van der Waals surface area contributed by atoms with Gasteiger partial charge in [-0.3, -0.25) is 9.69 Å². The molecule has 0 spiro atoms. The highest BCUT2D eigenvalue weighted by molar-refractivity contribution is 7.91. The van der Waals surface area contributed by atoms with E-state index >= 15 is 0 Å². The zero-order valence-corrected chi connectivity index (χ0v) is 12.8. The standard InChI is InChI=1S/C13H25NO4S/c1-4-14(10(2)8-13(15)16)11-6-5-7-12(9-11)19(3,17)18/h10-12H,4-9H2,1-3H3,(H,15,16). The number of sulfone groups is 1. The molecule has 1 fully saturated rings. The molecule has 1 saturated carbocycles. The minimum Gasteiger partial charge on any atom is -0.481 e. The van der Waals surface area contributed by atoms with Gasteiger partial charge in [0.05, 0.1) is 11.7 Å². The number of rotatable bonds is 6. The van der Waals surface area contributed by atoms with Crippen molar-refractivity contribution in [1.29, 1.82) is 0 Å². The molecule has 0 amide bonds. The lowest BCUT2D eigenvalue weighted by Gasteiger charge is -2.39. The molecule has 0 radical (unpaired) electrons. The van der Waals surface area contributed by atoms with E-state index in [2.05, 4.69) is 4.90 Å². The van der Waals surface area contributed by atoms with Crippen molar-refractivity contribution >= 4 is 15.8 Å². The van der Waals surface area contributed by atoms with Gasteiger partial charge in [0, 0.05) is 18.3 Å². The van der Waals surface area contributed by atoms with E-state index in [0.717, 1.165) is 25.8 Å². The molecule has 1 rings (SSSR count). The Balaban J connectivity index is 2.73. The summed E-state index contributed by atoms with van der Waals surface area (Å²) >= 11 is 0. The molecule has 0 heterocycles. The van der Waals surface area contributed by atoms with Crippen LogP contribution in [0, 0.1) is 0 Å². The van der Waals surface area contributed by atoms with Crippen molar-refractivity contribution in [3.63, 3.8) is 0 Å². The summed E-state index contributed by atoms with van der Waals surface area (Å²) in [6.07, 6.45) is 4.64. The molecular formula is C13H25NO4S. The lowest BCUT2D eigenvalue weighted by molar-refractivity contribution is -0.138. The van der Waals surface area contributed by atoms with Crippen LogP contribution in [0.3, 0.4) is 0 Å². The van der Waals surface area contributed by atoms with Gasteiger partial charge in [-0.05, 0) is 32.7 Å². The van der Waals surface area contributed by atoms with Gasteiger partial charge in [0.2, 0.25) is 0 Å². The average Bonchev–Trinajstić information content (AvgIpc) is 2.28. The Morgan fingerprint density at radius 1 is 1.42 bits per heavy atom. The van der Waals surface area contributed by atoms with Crippen LogP contribution in [0.4, 0.5) is 0 Å². The summed E-state index contributed by atoms with van der Waals surface area (Å²) in [5.41, 5.74) is 0. The van der Waals surface area contributed by atoms with Crippen LogP contribution in [0.1, 0.15) is 46.0 Å². The van der Waals surface area contributed by atoms with Crippen molar-refractivity contribution in [3.8, 4) is 0 Å². The van der Waals surface area contributed by atoms with E-state index in [-0.39, 0.29) is 23.8 Å². The van der Waals surface area contributed by atoms with Gasteiger partial charge in [0.1, 0.15) is 9.84 Å². The van der Waals surface area contributed by atoms with Crippen LogP contribution in [0.15, 0.2) is 0 Å². The molecule has 19 heavy (non-hydrogen) atoms. The van der Waals surface area contributed by atoms with Crippen LogP contribution in [0.25, 0.3) is 0 Å². The summed E-state index contributed by atoms with van der Waals surface area (Å²) in [5.74, 6) is -0.804. The van der Waals surface area contributed by atoms with E-state index in [0.29, 0.717) is 6.42 Å². The minimum absolute atomic E-state index is 0.0502. The quantitative estimate of drug-likeness (QED) is 0.803. The highest BCUT2D eigenvalue weighted by Crippen LogP contribution is 2.28. The molecule has 0 aromatic carbocycles. The zero-order valence-electron chi connectivity index (χ0n) is 12.0. The maximum atomic E-state index is 11.7. The smallest absolute Gasteiger partial charge is 0.304 e. The number of carboxylic acids is 1. The van der Waals surface area contributed by atoms with E-state index in [1.807, 2.05) is 13.8 Å². The number of nitrogens with zero attached hydrogens (tertiary/aromatic N) is 1. The summed E-state index contributed by atoms with van der Waals surface area (Å²) in [7, 11) is -2.99. The second-order valence-corrected chi connectivity index (χ2v) is 7.88. The molecule has 1 N–H and O–H groups in total. The first-order valence-corrected chi connectivity index (χ1v) is 8.87. The number of aliphatic carboxylic acids is 1. The summed E-state index contributed by atoms with van der Waals surface area (Å²) in [6.45, 7) is 4.67. The van der Waals surface area contributed by atoms with E-state index in [1.54, 1.807) is 0 Å². The molecule has 0 bridgehead atoms. The molecule has 0 aromatic heterocycles. The fourth-order valence-electron chi connectivity index (χ4n) is 3.11. The Kier molecular flexibility index (Phi) is 5.80. The lowest BCUT2D eigenvalue weighted by Crippen LogP contribution is -2.46. The van der Waals surface area contributed by atoms with Crippen molar-refractivity contribution in [3.05, 3.63) is 0 Å². The van der Waals surface area contributed by atoms with Crippen LogP contribution in [-0.4, -0.2) is 54.5 Å². The van der Waals surface area contributed by atoms with Gasteiger partial charge in [0.25, 0.3) is 0 Å². The molecule has 0 saturated heterocycles. The predicted molar refractivity (Wildman–Crippen MR) is 75.0 cm³/mol. The molecule has 0 aromatic rings. The van der Waals surface area contributed by atoms with Crippen molar-refractivity contribution < 1.29 is 18.3 Å². The Labute approximate surface area is 115 Å². The average molecular weight is 291 g/mol. The van der Waals surface area contributed by atoms with Crippen LogP contribution in [-0.2, 0) is 14.6 Å². The van der Waals surface area contributed by atoms with Gasteiger partial charge in [-0.15, -0.1) is 0 Å². The number of carboxylic acid groups (broad SMARTS) is 1. The molecule has 3 atom stereocenters. The van der Waals surface area contributed by atoms with Gasteiger partial charge in [-0.2, -0.15) is 0 Å². The third-order valence-corrected chi connectivity index (χ3v) is 5.71. The fraction of sp³-hybridized carbons (Fsp3) is 0.923. The highest BCUT2D eigenvalue weighted by Gasteiger charge is 2.33. The molecule has 1 aliphatic carbocycles. The monoisotopic (exact) mass is 291 g/mol. The number of carbonyl (C=O) groups is 1. The van der Waals surface area contributed by atoms with Gasteiger partial charge in [0.15, 0.2) is 0 Å². The second-order valence-electron chi connectivity index (χ2n) is 5.55. The van der Waals surface area contributed by atoms with Crippen LogP contribution < -0.4 is 0 Å². The summed E-state index contributed by atoms with van der Waals surface area (Å²) in [5, 5.41) is 8.62.